The summed E-state index contributed by atoms with van der Waals surface area (Å²) >= 11 is 3.50. The fourth-order valence-corrected chi connectivity index (χ4v) is 3.67. The summed E-state index contributed by atoms with van der Waals surface area (Å²) in [6, 6.07) is 6.75. The third kappa shape index (κ3) is 4.14. The van der Waals surface area contributed by atoms with Gasteiger partial charge < -0.3 is 15.4 Å². The first-order valence-corrected chi connectivity index (χ1v) is 8.32. The molecular formula is C16H23BrIN3O. The first kappa shape index (κ1) is 18.0. The fraction of sp³-hybridized carbons (Fsp3) is 0.562. The zero-order valence-electron chi connectivity index (χ0n) is 12.9. The van der Waals surface area contributed by atoms with Gasteiger partial charge in [-0.1, -0.05) is 22.0 Å². The van der Waals surface area contributed by atoms with Crippen molar-refractivity contribution in [1.29, 1.82) is 0 Å². The molecule has 2 fully saturated rings. The molecule has 6 heteroatoms. The molecule has 2 aliphatic heterocycles. The maximum absolute atomic E-state index is 5.87. The number of nitrogens with zero attached hydrogens (tertiary/aromatic N) is 1. The number of hydrogen-bond acceptors (Lipinski definition) is 2. The summed E-state index contributed by atoms with van der Waals surface area (Å²) in [5.74, 6) is 0.860. The lowest BCUT2D eigenvalue weighted by atomic mass is 9.96. The van der Waals surface area contributed by atoms with Gasteiger partial charge in [-0.25, -0.2) is 0 Å². The van der Waals surface area contributed by atoms with Crippen LogP contribution in [0.3, 0.4) is 0 Å². The molecule has 3 rings (SSSR count). The lowest BCUT2D eigenvalue weighted by Gasteiger charge is -2.22. The average molecular weight is 480 g/mol. The predicted molar refractivity (Wildman–Crippen MR) is 104 cm³/mol. The Morgan fingerprint density at radius 1 is 1.41 bits per heavy atom. The highest BCUT2D eigenvalue weighted by molar-refractivity contribution is 14.0. The predicted octanol–water partition coefficient (Wildman–Crippen LogP) is 3.36. The van der Waals surface area contributed by atoms with Gasteiger partial charge in [0.15, 0.2) is 5.96 Å². The molecule has 2 N–H and O–H groups in total. The number of benzene rings is 1. The molecule has 0 radical (unpaired) electrons. The van der Waals surface area contributed by atoms with Crippen molar-refractivity contribution in [3.63, 3.8) is 0 Å². The molecule has 2 bridgehead atoms. The summed E-state index contributed by atoms with van der Waals surface area (Å²) in [7, 11) is 1.82. The Balaban J connectivity index is 0.00000176. The Hall–Kier alpha value is -0.340. The van der Waals surface area contributed by atoms with Crippen molar-refractivity contribution < 1.29 is 4.74 Å². The summed E-state index contributed by atoms with van der Waals surface area (Å²) in [6.45, 7) is 2.90. The number of ether oxygens (including phenoxy) is 1. The van der Waals surface area contributed by atoms with Gasteiger partial charge in [-0.3, -0.25) is 4.99 Å². The molecule has 3 unspecified atom stereocenters. The number of hydrogen-bond donors (Lipinski definition) is 2. The maximum Gasteiger partial charge on any atom is 0.191 e. The zero-order valence-corrected chi connectivity index (χ0v) is 16.9. The molecular weight excluding hydrogens is 457 g/mol. The van der Waals surface area contributed by atoms with Gasteiger partial charge >= 0.3 is 0 Å². The van der Waals surface area contributed by atoms with E-state index in [4.69, 9.17) is 4.74 Å². The monoisotopic (exact) mass is 479 g/mol. The van der Waals surface area contributed by atoms with Crippen molar-refractivity contribution in [1.82, 2.24) is 10.6 Å². The number of aryl methyl sites for hydroxylation is 1. The molecule has 4 nitrogen and oxygen atoms in total. The summed E-state index contributed by atoms with van der Waals surface area (Å²) in [6.07, 6.45) is 4.31. The molecule has 2 heterocycles. The van der Waals surface area contributed by atoms with Crippen molar-refractivity contribution in [3.8, 4) is 0 Å². The molecule has 2 aliphatic rings. The van der Waals surface area contributed by atoms with Crippen molar-refractivity contribution >= 4 is 45.9 Å². The summed E-state index contributed by atoms with van der Waals surface area (Å²) in [5.41, 5.74) is 2.56. The van der Waals surface area contributed by atoms with Crippen molar-refractivity contribution in [2.75, 3.05) is 7.05 Å². The SMILES string of the molecule is CN=C(NCc1ccc(Br)cc1C)NC1CC2CCC1O2.I. The molecule has 122 valence electrons. The molecule has 1 aromatic carbocycles. The van der Waals surface area contributed by atoms with E-state index in [1.807, 2.05) is 7.05 Å². The number of guanidine groups is 1. The molecule has 22 heavy (non-hydrogen) atoms. The van der Waals surface area contributed by atoms with Crippen LogP contribution in [0.4, 0.5) is 0 Å². The molecule has 3 atom stereocenters. The largest absolute Gasteiger partial charge is 0.373 e. The molecule has 0 amide bonds. The van der Waals surface area contributed by atoms with Crippen LogP contribution in [0.5, 0.6) is 0 Å². The minimum absolute atomic E-state index is 0. The van der Waals surface area contributed by atoms with Crippen LogP contribution in [0, 0.1) is 6.92 Å². The first-order chi connectivity index (χ1) is 10.2. The lowest BCUT2D eigenvalue weighted by Crippen LogP contribution is -2.47. The van der Waals surface area contributed by atoms with Crippen LogP contribution < -0.4 is 10.6 Å². The van der Waals surface area contributed by atoms with Crippen LogP contribution in [0.2, 0.25) is 0 Å². The molecule has 0 spiro atoms. The average Bonchev–Trinajstić information content (AvgIpc) is 3.07. The smallest absolute Gasteiger partial charge is 0.191 e. The third-order valence-electron chi connectivity index (χ3n) is 4.40. The second kappa shape index (κ2) is 7.97. The standard InChI is InChI=1S/C16H22BrN3O.HI/c1-10-7-12(17)4-3-11(10)9-19-16(18-2)20-14-8-13-5-6-15(14)21-13;/h3-4,7,13-15H,5-6,8-9H2,1-2H3,(H2,18,19,20);1H. The maximum atomic E-state index is 5.87. The molecule has 0 aromatic heterocycles. The molecule has 0 aliphatic carbocycles. The quantitative estimate of drug-likeness (QED) is 0.397. The van der Waals surface area contributed by atoms with E-state index in [9.17, 15) is 0 Å². The third-order valence-corrected chi connectivity index (χ3v) is 4.90. The Kier molecular flexibility index (Phi) is 6.52. The van der Waals surface area contributed by atoms with Gasteiger partial charge in [-0.15, -0.1) is 24.0 Å². The highest BCUT2D eigenvalue weighted by Gasteiger charge is 2.41. The van der Waals surface area contributed by atoms with Gasteiger partial charge in [-0.05, 0) is 49.4 Å². The van der Waals surface area contributed by atoms with Crippen LogP contribution in [0.15, 0.2) is 27.7 Å². The van der Waals surface area contributed by atoms with E-state index in [-0.39, 0.29) is 24.0 Å². The normalized spacial score (nSPS) is 26.7. The number of fused-ring (bicyclic) bond motifs is 2. The van der Waals surface area contributed by atoms with Gasteiger partial charge in [0.05, 0.1) is 18.2 Å². The number of halogens is 2. The van der Waals surface area contributed by atoms with E-state index in [0.717, 1.165) is 23.4 Å². The summed E-state index contributed by atoms with van der Waals surface area (Å²) in [5, 5.41) is 6.90. The second-order valence-corrected chi connectivity index (χ2v) is 6.77. The lowest BCUT2D eigenvalue weighted by molar-refractivity contribution is 0.0992. The van der Waals surface area contributed by atoms with Gasteiger partial charge in [0, 0.05) is 18.1 Å². The first-order valence-electron chi connectivity index (χ1n) is 7.53. The molecule has 2 saturated heterocycles. The van der Waals surface area contributed by atoms with Gasteiger partial charge in [0.1, 0.15) is 0 Å². The Labute approximate surface area is 157 Å². The number of aliphatic imine (C=N–C) groups is 1. The Morgan fingerprint density at radius 3 is 2.82 bits per heavy atom. The van der Waals surface area contributed by atoms with E-state index < -0.39 is 0 Å². The van der Waals surface area contributed by atoms with Gasteiger partial charge in [0.2, 0.25) is 0 Å². The molecule has 0 saturated carbocycles. The Morgan fingerprint density at radius 2 is 2.23 bits per heavy atom. The summed E-state index contributed by atoms with van der Waals surface area (Å²) in [4.78, 5) is 4.33. The topological polar surface area (TPSA) is 45.7 Å². The van der Waals surface area contributed by atoms with E-state index in [0.29, 0.717) is 18.2 Å². The number of rotatable bonds is 3. The summed E-state index contributed by atoms with van der Waals surface area (Å²) < 4.78 is 6.99. The minimum Gasteiger partial charge on any atom is -0.373 e. The zero-order chi connectivity index (χ0) is 14.8. The fourth-order valence-electron chi connectivity index (χ4n) is 3.20. The molecule has 1 aromatic rings. The van der Waals surface area contributed by atoms with Crippen molar-refractivity contribution in [3.05, 3.63) is 33.8 Å². The van der Waals surface area contributed by atoms with E-state index in [2.05, 4.69) is 56.7 Å². The van der Waals surface area contributed by atoms with Gasteiger partial charge in [-0.2, -0.15) is 0 Å². The van der Waals surface area contributed by atoms with Crippen LogP contribution in [0.25, 0.3) is 0 Å². The van der Waals surface area contributed by atoms with Crippen LogP contribution in [-0.4, -0.2) is 31.3 Å². The van der Waals surface area contributed by atoms with Crippen LogP contribution in [0.1, 0.15) is 30.4 Å². The van der Waals surface area contributed by atoms with Gasteiger partial charge in [0.25, 0.3) is 0 Å². The van der Waals surface area contributed by atoms with Crippen molar-refractivity contribution in [2.24, 2.45) is 4.99 Å². The highest BCUT2D eigenvalue weighted by Crippen LogP contribution is 2.34. The second-order valence-electron chi connectivity index (χ2n) is 5.86. The highest BCUT2D eigenvalue weighted by atomic mass is 127. The van der Waals surface area contributed by atoms with E-state index in [1.165, 1.54) is 24.0 Å². The van der Waals surface area contributed by atoms with E-state index in [1.54, 1.807) is 0 Å². The number of nitrogens with one attached hydrogen (secondary N) is 2. The Bertz CT molecular complexity index is 552. The van der Waals surface area contributed by atoms with Crippen LogP contribution in [-0.2, 0) is 11.3 Å². The van der Waals surface area contributed by atoms with E-state index >= 15 is 0 Å². The van der Waals surface area contributed by atoms with Crippen molar-refractivity contribution in [2.45, 2.75) is 51.0 Å². The van der Waals surface area contributed by atoms with Crippen LogP contribution >= 0.6 is 39.9 Å². The minimum atomic E-state index is 0.